The number of carbonyl (C=O) groups excluding carboxylic acids is 2. The molecule has 0 aliphatic heterocycles. The van der Waals surface area contributed by atoms with Crippen molar-refractivity contribution in [2.24, 2.45) is 10.2 Å². The third-order valence-electron chi connectivity index (χ3n) is 2.40. The average molecular weight is 296 g/mol. The number of nitrogens with zero attached hydrogens (tertiary/aromatic N) is 4. The van der Waals surface area contributed by atoms with Gasteiger partial charge in [-0.3, -0.25) is 19.6 Å². The van der Waals surface area contributed by atoms with Gasteiger partial charge in [-0.05, 0) is 24.3 Å². The highest BCUT2D eigenvalue weighted by Gasteiger charge is 2.02. The van der Waals surface area contributed by atoms with Gasteiger partial charge in [0.25, 0.3) is 11.8 Å². The number of pyridine rings is 2. The van der Waals surface area contributed by atoms with Crippen LogP contribution in [0.5, 0.6) is 0 Å². The van der Waals surface area contributed by atoms with Gasteiger partial charge in [0, 0.05) is 24.8 Å². The van der Waals surface area contributed by atoms with Crippen LogP contribution in [0.1, 0.15) is 20.7 Å². The Morgan fingerprint density at radius 2 is 1.32 bits per heavy atom. The number of nitrogens with one attached hydrogen (secondary N) is 2. The van der Waals surface area contributed by atoms with E-state index in [1.54, 1.807) is 36.7 Å². The first-order valence-corrected chi connectivity index (χ1v) is 6.23. The molecule has 22 heavy (non-hydrogen) atoms. The molecule has 0 bridgehead atoms. The number of rotatable bonds is 5. The lowest BCUT2D eigenvalue weighted by Crippen LogP contribution is -2.19. The summed E-state index contributed by atoms with van der Waals surface area (Å²) in [4.78, 5) is 30.8. The van der Waals surface area contributed by atoms with Crippen molar-refractivity contribution in [3.63, 3.8) is 0 Å². The van der Waals surface area contributed by atoms with Crippen molar-refractivity contribution in [1.82, 2.24) is 20.8 Å². The second-order valence-corrected chi connectivity index (χ2v) is 3.92. The van der Waals surface area contributed by atoms with Crippen molar-refractivity contribution in [3.05, 3.63) is 60.2 Å². The zero-order valence-electron chi connectivity index (χ0n) is 11.4. The van der Waals surface area contributed by atoms with Crippen LogP contribution in [0.4, 0.5) is 0 Å². The molecule has 2 heterocycles. The van der Waals surface area contributed by atoms with Crippen molar-refractivity contribution in [2.75, 3.05) is 0 Å². The first-order valence-electron chi connectivity index (χ1n) is 6.23. The summed E-state index contributed by atoms with van der Waals surface area (Å²) in [5, 5.41) is 7.30. The number of hydrogen-bond acceptors (Lipinski definition) is 6. The molecule has 2 aromatic heterocycles. The Morgan fingerprint density at radius 1 is 0.864 bits per heavy atom. The summed E-state index contributed by atoms with van der Waals surface area (Å²) in [6.45, 7) is 0. The topological polar surface area (TPSA) is 109 Å². The van der Waals surface area contributed by atoms with Crippen LogP contribution >= 0.6 is 0 Å². The Labute approximate surface area is 126 Å². The third-order valence-corrected chi connectivity index (χ3v) is 2.40. The van der Waals surface area contributed by atoms with E-state index in [0.717, 1.165) is 0 Å². The molecule has 0 saturated heterocycles. The normalized spacial score (nSPS) is 10.7. The Hall–Kier alpha value is -3.42. The third kappa shape index (κ3) is 4.60. The second-order valence-electron chi connectivity index (χ2n) is 3.92. The van der Waals surface area contributed by atoms with Crippen molar-refractivity contribution in [3.8, 4) is 0 Å². The molecule has 2 N–H and O–H groups in total. The first kappa shape index (κ1) is 15.0. The lowest BCUT2D eigenvalue weighted by Gasteiger charge is -1.97. The zero-order valence-corrected chi connectivity index (χ0v) is 11.4. The molecule has 0 saturated carbocycles. The molecule has 0 fully saturated rings. The van der Waals surface area contributed by atoms with Gasteiger partial charge in [0.2, 0.25) is 0 Å². The van der Waals surface area contributed by atoms with Crippen LogP contribution in [-0.4, -0.2) is 34.2 Å². The second kappa shape index (κ2) is 8.00. The Bertz CT molecular complexity index is 623. The van der Waals surface area contributed by atoms with Gasteiger partial charge in [0.15, 0.2) is 0 Å². The van der Waals surface area contributed by atoms with Gasteiger partial charge < -0.3 is 0 Å². The van der Waals surface area contributed by atoms with E-state index in [9.17, 15) is 9.59 Å². The summed E-state index contributed by atoms with van der Waals surface area (Å²) < 4.78 is 0. The van der Waals surface area contributed by atoms with Crippen LogP contribution in [0.15, 0.2) is 59.3 Å². The van der Waals surface area contributed by atoms with Gasteiger partial charge in [-0.25, -0.2) is 10.9 Å². The SMILES string of the molecule is O=C(N/N=C/C=N/NC(=O)c1cccnc1)c1cccnc1. The van der Waals surface area contributed by atoms with E-state index >= 15 is 0 Å². The van der Waals surface area contributed by atoms with E-state index in [0.29, 0.717) is 11.1 Å². The molecular weight excluding hydrogens is 284 g/mol. The van der Waals surface area contributed by atoms with Crippen LogP contribution in [0.2, 0.25) is 0 Å². The molecule has 0 aliphatic carbocycles. The summed E-state index contributed by atoms with van der Waals surface area (Å²) in [6, 6.07) is 6.52. The van der Waals surface area contributed by atoms with E-state index in [1.165, 1.54) is 24.8 Å². The van der Waals surface area contributed by atoms with Gasteiger partial charge in [-0.2, -0.15) is 10.2 Å². The van der Waals surface area contributed by atoms with Gasteiger partial charge in [0.05, 0.1) is 23.6 Å². The fraction of sp³-hybridized carbons (Fsp3) is 0. The molecule has 0 spiro atoms. The molecule has 0 atom stereocenters. The largest absolute Gasteiger partial charge is 0.272 e. The molecule has 8 nitrogen and oxygen atoms in total. The smallest absolute Gasteiger partial charge is 0.267 e. The minimum atomic E-state index is -0.392. The Balaban J connectivity index is 1.76. The van der Waals surface area contributed by atoms with Crippen LogP contribution in [0, 0.1) is 0 Å². The minimum Gasteiger partial charge on any atom is -0.267 e. The van der Waals surface area contributed by atoms with Crippen LogP contribution in [0.3, 0.4) is 0 Å². The highest BCUT2D eigenvalue weighted by atomic mass is 16.2. The molecule has 2 amide bonds. The molecule has 2 aromatic rings. The molecule has 0 unspecified atom stereocenters. The van der Waals surface area contributed by atoms with Crippen molar-refractivity contribution >= 4 is 24.2 Å². The lowest BCUT2D eigenvalue weighted by atomic mass is 10.3. The first-order chi connectivity index (χ1) is 10.8. The molecule has 0 aliphatic rings. The van der Waals surface area contributed by atoms with Crippen LogP contribution in [0.25, 0.3) is 0 Å². The predicted octanol–water partition coefficient (Wildman–Crippen LogP) is 0.608. The molecule has 8 heteroatoms. The van der Waals surface area contributed by atoms with Crippen molar-refractivity contribution in [1.29, 1.82) is 0 Å². The van der Waals surface area contributed by atoms with E-state index in [1.807, 2.05) is 0 Å². The quantitative estimate of drug-likeness (QED) is 0.622. The summed E-state index contributed by atoms with van der Waals surface area (Å²) in [5.41, 5.74) is 5.37. The van der Waals surface area contributed by atoms with E-state index in [-0.39, 0.29) is 0 Å². The van der Waals surface area contributed by atoms with Gasteiger partial charge in [-0.15, -0.1) is 0 Å². The molecule has 0 radical (unpaired) electrons. The Morgan fingerprint density at radius 3 is 1.68 bits per heavy atom. The van der Waals surface area contributed by atoms with E-state index in [2.05, 4.69) is 31.0 Å². The molecule has 0 aromatic carbocycles. The van der Waals surface area contributed by atoms with E-state index < -0.39 is 11.8 Å². The molecular formula is C14H12N6O2. The maximum Gasteiger partial charge on any atom is 0.272 e. The summed E-state index contributed by atoms with van der Waals surface area (Å²) in [6.07, 6.45) is 8.45. The van der Waals surface area contributed by atoms with Crippen molar-refractivity contribution in [2.45, 2.75) is 0 Å². The lowest BCUT2D eigenvalue weighted by molar-refractivity contribution is 0.0946. The minimum absolute atomic E-state index is 0.390. The maximum absolute atomic E-state index is 11.6. The fourth-order valence-corrected chi connectivity index (χ4v) is 1.38. The standard InChI is InChI=1S/C14H12N6O2/c21-13(11-3-1-5-15-9-11)19-17-7-8-18-20-14(22)12-4-2-6-16-10-12/h1-10H,(H,19,21)(H,20,22)/b17-7+,18-8+. The number of amides is 2. The number of hydrogen-bond donors (Lipinski definition) is 2. The molecule has 2 rings (SSSR count). The maximum atomic E-state index is 11.6. The highest BCUT2D eigenvalue weighted by molar-refractivity contribution is 6.16. The van der Waals surface area contributed by atoms with E-state index in [4.69, 9.17) is 0 Å². The molecule has 110 valence electrons. The van der Waals surface area contributed by atoms with Crippen molar-refractivity contribution < 1.29 is 9.59 Å². The fourth-order valence-electron chi connectivity index (χ4n) is 1.38. The van der Waals surface area contributed by atoms with Crippen LogP contribution in [-0.2, 0) is 0 Å². The van der Waals surface area contributed by atoms with Crippen LogP contribution < -0.4 is 10.9 Å². The van der Waals surface area contributed by atoms with Gasteiger partial charge in [0.1, 0.15) is 0 Å². The average Bonchev–Trinajstić information content (AvgIpc) is 2.59. The number of hydrazone groups is 2. The zero-order chi connectivity index (χ0) is 15.6. The monoisotopic (exact) mass is 296 g/mol. The summed E-state index contributed by atoms with van der Waals surface area (Å²) >= 11 is 0. The van der Waals surface area contributed by atoms with Gasteiger partial charge >= 0.3 is 0 Å². The summed E-state index contributed by atoms with van der Waals surface area (Å²) in [5.74, 6) is -0.783. The van der Waals surface area contributed by atoms with Gasteiger partial charge in [-0.1, -0.05) is 0 Å². The summed E-state index contributed by atoms with van der Waals surface area (Å²) in [7, 11) is 0. The predicted molar refractivity (Wildman–Crippen MR) is 80.4 cm³/mol. The number of aromatic nitrogens is 2. The number of carbonyl (C=O) groups is 2. The Kier molecular flexibility index (Phi) is 5.45. The highest BCUT2D eigenvalue weighted by Crippen LogP contribution is 1.95.